The van der Waals surface area contributed by atoms with E-state index in [4.69, 9.17) is 4.98 Å². The number of nitrogens with zero attached hydrogens (tertiary/aromatic N) is 1. The van der Waals surface area contributed by atoms with Crippen molar-refractivity contribution in [1.29, 1.82) is 0 Å². The molecule has 3 heteroatoms. The summed E-state index contributed by atoms with van der Waals surface area (Å²) in [5.41, 5.74) is 16.6. The molecule has 0 unspecified atom stereocenters. The lowest BCUT2D eigenvalue weighted by atomic mass is 9.43. The Bertz CT molecular complexity index is 2940. The van der Waals surface area contributed by atoms with Gasteiger partial charge in [0.15, 0.2) is 0 Å². The van der Waals surface area contributed by atoms with Crippen LogP contribution in [0.25, 0.3) is 76.1 Å². The van der Waals surface area contributed by atoms with Crippen LogP contribution < -0.4 is 10.4 Å². The van der Waals surface area contributed by atoms with E-state index in [0.717, 1.165) is 35.1 Å². The second kappa shape index (κ2) is 11.3. The minimum atomic E-state index is -2.13. The molecule has 2 aromatic heterocycles. The normalized spacial score (nSPS) is 24.5. The Morgan fingerprint density at radius 1 is 0.536 bits per heavy atom. The number of thiophene rings is 1. The van der Waals surface area contributed by atoms with Crippen LogP contribution in [0.4, 0.5) is 0 Å². The highest BCUT2D eigenvalue weighted by atomic mass is 32.1. The Morgan fingerprint density at radius 3 is 2.07 bits per heavy atom. The summed E-state index contributed by atoms with van der Waals surface area (Å²) in [7, 11) is -2.13. The van der Waals surface area contributed by atoms with Crippen LogP contribution in [0.5, 0.6) is 0 Å². The molecule has 0 atom stereocenters. The van der Waals surface area contributed by atoms with Crippen LogP contribution in [0.15, 0.2) is 140 Å². The van der Waals surface area contributed by atoms with Crippen molar-refractivity contribution in [3.05, 3.63) is 151 Å². The lowest BCUT2D eigenvalue weighted by molar-refractivity contribution is -0.0399. The van der Waals surface area contributed by atoms with Gasteiger partial charge in [-0.25, -0.2) is 4.98 Å². The maximum atomic E-state index is 5.55. The van der Waals surface area contributed by atoms with Crippen molar-refractivity contribution in [2.24, 2.45) is 23.7 Å². The molecule has 0 amide bonds. The van der Waals surface area contributed by atoms with Crippen LogP contribution in [0.1, 0.15) is 43.2 Å². The molecule has 5 aliphatic carbocycles. The Morgan fingerprint density at radius 2 is 1.23 bits per heavy atom. The van der Waals surface area contributed by atoms with E-state index in [1.807, 2.05) is 11.3 Å². The van der Waals surface area contributed by atoms with Crippen molar-refractivity contribution in [2.45, 2.75) is 50.6 Å². The summed E-state index contributed by atoms with van der Waals surface area (Å²) in [5, 5.41) is 5.87. The average molecular weight is 754 g/mol. The molecule has 6 aromatic carbocycles. The smallest absolute Gasteiger partial charge is 0.114 e. The third-order valence-electron chi connectivity index (χ3n) is 15.2. The number of pyridine rings is 1. The number of rotatable bonds is 3. The summed E-state index contributed by atoms with van der Waals surface area (Å²) in [5.74, 6) is 3.48. The number of hydrogen-bond acceptors (Lipinski definition) is 2. The summed E-state index contributed by atoms with van der Waals surface area (Å²) >= 11 is 1.88. The van der Waals surface area contributed by atoms with E-state index in [2.05, 4.69) is 153 Å². The summed E-state index contributed by atoms with van der Waals surface area (Å²) < 4.78 is 2.63. The molecule has 8 aromatic rings. The molecule has 0 N–H and O–H groups in total. The molecule has 6 aliphatic rings. The zero-order valence-corrected chi connectivity index (χ0v) is 33.8. The summed E-state index contributed by atoms with van der Waals surface area (Å²) in [6, 6.07) is 53.2. The monoisotopic (exact) mass is 753 g/mol. The molecule has 3 heterocycles. The predicted octanol–water partition coefficient (Wildman–Crippen LogP) is 13.0. The third kappa shape index (κ3) is 4.13. The first kappa shape index (κ1) is 32.0. The van der Waals surface area contributed by atoms with E-state index in [-0.39, 0.29) is 5.41 Å². The fourth-order valence-electron chi connectivity index (χ4n) is 13.3. The molecule has 4 saturated carbocycles. The quantitative estimate of drug-likeness (QED) is 0.164. The first-order valence-electron chi connectivity index (χ1n) is 20.9. The van der Waals surface area contributed by atoms with Gasteiger partial charge in [0.2, 0.25) is 0 Å². The van der Waals surface area contributed by atoms with E-state index in [1.54, 1.807) is 32.6 Å². The molecule has 14 rings (SSSR count). The maximum Gasteiger partial charge on any atom is 0.114 e. The van der Waals surface area contributed by atoms with Gasteiger partial charge in [-0.1, -0.05) is 134 Å². The van der Waals surface area contributed by atoms with Crippen LogP contribution in [-0.4, -0.2) is 13.1 Å². The number of benzene rings is 6. The van der Waals surface area contributed by atoms with Crippen molar-refractivity contribution >= 4 is 50.0 Å². The summed E-state index contributed by atoms with van der Waals surface area (Å²) in [4.78, 5) is 5.55. The minimum Gasteiger partial charge on any atom is -0.248 e. The fraction of sp³-hybridized carbons (Fsp3) is 0.226. The molecular formula is C53H43NSSi. The van der Waals surface area contributed by atoms with Gasteiger partial charge in [-0.2, -0.15) is 0 Å². The molecule has 1 nitrogen and oxygen atoms in total. The fourth-order valence-corrected chi connectivity index (χ4v) is 18.0. The van der Waals surface area contributed by atoms with Gasteiger partial charge < -0.3 is 0 Å². The Labute approximate surface area is 334 Å². The van der Waals surface area contributed by atoms with Crippen LogP contribution in [-0.2, 0) is 5.41 Å². The number of hydrogen-bond donors (Lipinski definition) is 0. The predicted molar refractivity (Wildman–Crippen MR) is 239 cm³/mol. The van der Waals surface area contributed by atoms with Gasteiger partial charge in [0.05, 0.1) is 11.4 Å². The van der Waals surface area contributed by atoms with Gasteiger partial charge >= 0.3 is 0 Å². The van der Waals surface area contributed by atoms with Crippen molar-refractivity contribution in [3.8, 4) is 55.9 Å². The lowest BCUT2D eigenvalue weighted by Crippen LogP contribution is -2.55. The van der Waals surface area contributed by atoms with Gasteiger partial charge in [0.1, 0.15) is 8.07 Å². The standard InChI is InChI=1S/C53H43NSSi/c1-56(2)49-30-34(46-28-35(33-11-4-3-5-12-33)29-47(54-46)43-16-10-15-40-38-13-7-9-18-48(38)55-51(40)43)19-20-39(49)41-21-22-45-50(52(41)56)42-14-6-8-17-44(42)53(45)36-24-31-23-32(26-36)27-37(53)25-31/h3-22,28-32,36-37H,23-27H2,1-2H3. The van der Waals surface area contributed by atoms with E-state index < -0.39 is 8.07 Å². The third-order valence-corrected chi connectivity index (χ3v) is 20.0. The van der Waals surface area contributed by atoms with E-state index in [0.29, 0.717) is 0 Å². The van der Waals surface area contributed by atoms with E-state index in [1.165, 1.54) is 85.7 Å². The molecule has 0 saturated heterocycles. The Hall–Kier alpha value is -5.09. The SMILES string of the molecule is C[Si]1(C)c2cc(-c3cc(-c4ccccc4)cc(-c4cccc5c4sc4ccccc45)n3)ccc2-c2ccc3c(c21)-c1ccccc1C31C2CC3CC(C2)CC1C3. The molecular weight excluding hydrogens is 711 g/mol. The van der Waals surface area contributed by atoms with Crippen LogP contribution in [0.2, 0.25) is 13.1 Å². The second-order valence-corrected chi connectivity index (χ2v) is 23.6. The van der Waals surface area contributed by atoms with Crippen molar-refractivity contribution in [1.82, 2.24) is 4.98 Å². The average Bonchev–Trinajstić information content (AvgIpc) is 3.83. The Kier molecular flexibility index (Phi) is 6.45. The number of fused-ring (bicyclic) bond motifs is 10. The lowest BCUT2D eigenvalue weighted by Gasteiger charge is -2.61. The number of aromatic nitrogens is 1. The van der Waals surface area contributed by atoms with Gasteiger partial charge in [-0.3, -0.25) is 0 Å². The van der Waals surface area contributed by atoms with Gasteiger partial charge in [0, 0.05) is 36.7 Å². The first-order chi connectivity index (χ1) is 27.5. The topological polar surface area (TPSA) is 12.9 Å². The van der Waals surface area contributed by atoms with Gasteiger partial charge in [-0.05, 0) is 129 Å². The van der Waals surface area contributed by atoms with E-state index in [9.17, 15) is 0 Å². The second-order valence-electron chi connectivity index (χ2n) is 18.3. The molecule has 0 radical (unpaired) electrons. The molecule has 56 heavy (non-hydrogen) atoms. The van der Waals surface area contributed by atoms with Gasteiger partial charge in [0.25, 0.3) is 0 Å². The van der Waals surface area contributed by atoms with Crippen LogP contribution >= 0.6 is 11.3 Å². The zero-order chi connectivity index (χ0) is 36.9. The van der Waals surface area contributed by atoms with Crippen molar-refractivity contribution < 1.29 is 0 Å². The van der Waals surface area contributed by atoms with Crippen LogP contribution in [0, 0.1) is 23.7 Å². The van der Waals surface area contributed by atoms with Gasteiger partial charge in [-0.15, -0.1) is 11.3 Å². The first-order valence-corrected chi connectivity index (χ1v) is 24.7. The molecule has 1 aliphatic heterocycles. The van der Waals surface area contributed by atoms with Crippen molar-refractivity contribution in [2.75, 3.05) is 0 Å². The minimum absolute atomic E-state index is 0.203. The Balaban J connectivity index is 0.985. The molecule has 270 valence electrons. The maximum absolute atomic E-state index is 5.55. The molecule has 4 bridgehead atoms. The summed E-state index contributed by atoms with van der Waals surface area (Å²) in [6.45, 7) is 5.27. The van der Waals surface area contributed by atoms with E-state index >= 15 is 0 Å². The molecule has 4 fully saturated rings. The largest absolute Gasteiger partial charge is 0.248 e. The van der Waals surface area contributed by atoms with Crippen molar-refractivity contribution in [3.63, 3.8) is 0 Å². The highest BCUT2D eigenvalue weighted by molar-refractivity contribution is 7.26. The highest BCUT2D eigenvalue weighted by Crippen LogP contribution is 2.69. The zero-order valence-electron chi connectivity index (χ0n) is 32.0. The highest BCUT2D eigenvalue weighted by Gasteiger charge is 2.62. The summed E-state index contributed by atoms with van der Waals surface area (Å²) in [6.07, 6.45) is 7.20. The molecule has 1 spiro atoms. The van der Waals surface area contributed by atoms with Crippen LogP contribution in [0.3, 0.4) is 0 Å².